The molecule has 0 bridgehead atoms. The van der Waals surface area contributed by atoms with Gasteiger partial charge in [0.15, 0.2) is 0 Å². The molecule has 3 N–H and O–H groups in total. The molecular formula is C17H21N3O3S. The molecule has 1 aromatic heterocycles. The van der Waals surface area contributed by atoms with Crippen LogP contribution in [0, 0.1) is 0 Å². The number of amides is 1. The lowest BCUT2D eigenvalue weighted by atomic mass is 10.1. The molecule has 0 saturated carbocycles. The normalized spacial score (nSPS) is 11.8. The second-order valence-electron chi connectivity index (χ2n) is 5.35. The lowest BCUT2D eigenvalue weighted by molar-refractivity contribution is -0.143. The second-order valence-corrected chi connectivity index (χ2v) is 6.24. The Morgan fingerprint density at radius 2 is 2.04 bits per heavy atom. The third-order valence-electron chi connectivity index (χ3n) is 3.52. The van der Waals surface area contributed by atoms with Gasteiger partial charge in [-0.1, -0.05) is 19.1 Å². The van der Waals surface area contributed by atoms with Gasteiger partial charge < -0.3 is 15.8 Å². The number of hydrogen-bond donors (Lipinski definition) is 2. The van der Waals surface area contributed by atoms with Crippen LogP contribution in [0.1, 0.15) is 35.7 Å². The first-order chi connectivity index (χ1) is 11.5. The summed E-state index contributed by atoms with van der Waals surface area (Å²) < 4.78 is 4.53. The largest absolute Gasteiger partial charge is 0.469 e. The monoisotopic (exact) mass is 347 g/mol. The van der Waals surface area contributed by atoms with Crippen LogP contribution in [0.4, 0.5) is 5.69 Å². The lowest BCUT2D eigenvalue weighted by Gasteiger charge is -2.16. The highest BCUT2D eigenvalue weighted by Gasteiger charge is 2.20. The number of nitrogens with one attached hydrogen (secondary N) is 1. The summed E-state index contributed by atoms with van der Waals surface area (Å²) in [4.78, 5) is 27.9. The molecule has 0 fully saturated rings. The maximum absolute atomic E-state index is 12.1. The molecule has 7 heteroatoms. The van der Waals surface area contributed by atoms with Crippen molar-refractivity contribution in [2.75, 3.05) is 12.8 Å². The van der Waals surface area contributed by atoms with Crippen LogP contribution in [0.3, 0.4) is 0 Å². The molecule has 2 rings (SSSR count). The summed E-state index contributed by atoms with van der Waals surface area (Å²) in [5.74, 6) is -0.942. The van der Waals surface area contributed by atoms with Gasteiger partial charge >= 0.3 is 5.97 Å². The number of ether oxygens (including phenoxy) is 1. The number of rotatable bonds is 7. The van der Waals surface area contributed by atoms with Crippen LogP contribution in [0.15, 0.2) is 29.6 Å². The zero-order valence-electron chi connectivity index (χ0n) is 13.7. The van der Waals surface area contributed by atoms with Gasteiger partial charge in [-0.3, -0.25) is 9.59 Å². The first kappa shape index (κ1) is 17.9. The molecule has 0 saturated heterocycles. The number of nitrogens with two attached hydrogens (primary N) is 1. The van der Waals surface area contributed by atoms with Gasteiger partial charge in [0.1, 0.15) is 11.4 Å². The van der Waals surface area contributed by atoms with Gasteiger partial charge in [0.2, 0.25) is 5.91 Å². The standard InChI is InChI=1S/C17H21N3O3S/c1-3-13-10-24-17(19-13)14(20-15(21)9-16(22)23-2)8-11-4-6-12(18)7-5-11/h4-7,10,14H,3,8-9,18H2,1-2H3,(H,20,21). The molecule has 1 aromatic carbocycles. The van der Waals surface area contributed by atoms with Gasteiger partial charge in [-0.15, -0.1) is 11.3 Å². The van der Waals surface area contributed by atoms with Crippen molar-refractivity contribution in [3.63, 3.8) is 0 Å². The second kappa shape index (κ2) is 8.44. The van der Waals surface area contributed by atoms with Crippen molar-refractivity contribution < 1.29 is 14.3 Å². The van der Waals surface area contributed by atoms with E-state index < -0.39 is 5.97 Å². The van der Waals surface area contributed by atoms with E-state index in [9.17, 15) is 9.59 Å². The highest BCUT2D eigenvalue weighted by Crippen LogP contribution is 2.23. The molecule has 1 unspecified atom stereocenters. The summed E-state index contributed by atoms with van der Waals surface area (Å²) in [6, 6.07) is 7.19. The van der Waals surface area contributed by atoms with Gasteiger partial charge in [0.25, 0.3) is 0 Å². The van der Waals surface area contributed by atoms with E-state index in [-0.39, 0.29) is 18.4 Å². The molecule has 0 aliphatic heterocycles. The molecule has 1 heterocycles. The van der Waals surface area contributed by atoms with Crippen molar-refractivity contribution in [1.29, 1.82) is 0 Å². The number of nitrogens with zero attached hydrogens (tertiary/aromatic N) is 1. The van der Waals surface area contributed by atoms with Crippen molar-refractivity contribution in [1.82, 2.24) is 10.3 Å². The van der Waals surface area contributed by atoms with E-state index in [4.69, 9.17) is 5.73 Å². The molecule has 0 radical (unpaired) electrons. The minimum Gasteiger partial charge on any atom is -0.469 e. The van der Waals surface area contributed by atoms with Gasteiger partial charge in [0.05, 0.1) is 18.8 Å². The zero-order valence-corrected chi connectivity index (χ0v) is 14.6. The Balaban J connectivity index is 2.15. The van der Waals surface area contributed by atoms with Crippen molar-refractivity contribution in [3.8, 4) is 0 Å². The summed E-state index contributed by atoms with van der Waals surface area (Å²) in [5.41, 5.74) is 8.41. The predicted molar refractivity (Wildman–Crippen MR) is 93.6 cm³/mol. The molecule has 0 aliphatic carbocycles. The van der Waals surface area contributed by atoms with E-state index in [1.54, 1.807) is 0 Å². The number of thiazole rings is 1. The maximum atomic E-state index is 12.1. The fourth-order valence-corrected chi connectivity index (χ4v) is 3.14. The van der Waals surface area contributed by atoms with E-state index in [0.29, 0.717) is 12.1 Å². The van der Waals surface area contributed by atoms with Gasteiger partial charge in [0, 0.05) is 11.1 Å². The first-order valence-corrected chi connectivity index (χ1v) is 8.54. The van der Waals surface area contributed by atoms with E-state index in [2.05, 4.69) is 15.0 Å². The number of aryl methyl sites for hydroxylation is 1. The van der Waals surface area contributed by atoms with E-state index >= 15 is 0 Å². The molecular weight excluding hydrogens is 326 g/mol. The molecule has 1 amide bonds. The number of esters is 1. The molecule has 1 atom stereocenters. The van der Waals surface area contributed by atoms with E-state index in [1.165, 1.54) is 18.4 Å². The highest BCUT2D eigenvalue weighted by atomic mass is 32.1. The Hall–Kier alpha value is -2.41. The number of methoxy groups -OCH3 is 1. The van der Waals surface area contributed by atoms with Gasteiger partial charge in [-0.2, -0.15) is 0 Å². The molecule has 24 heavy (non-hydrogen) atoms. The summed E-state index contributed by atoms with van der Waals surface area (Å²) >= 11 is 1.50. The van der Waals surface area contributed by atoms with Crippen LogP contribution in [0.25, 0.3) is 0 Å². The Morgan fingerprint density at radius 1 is 1.33 bits per heavy atom. The van der Waals surface area contributed by atoms with Crippen LogP contribution in [-0.4, -0.2) is 24.0 Å². The average Bonchev–Trinajstić information content (AvgIpc) is 3.05. The lowest BCUT2D eigenvalue weighted by Crippen LogP contribution is -2.31. The molecule has 0 aliphatic rings. The van der Waals surface area contributed by atoms with Crippen LogP contribution in [0.2, 0.25) is 0 Å². The number of carbonyl (C=O) groups excluding carboxylic acids is 2. The SMILES string of the molecule is CCc1csc(C(Cc2ccc(N)cc2)NC(=O)CC(=O)OC)n1. The minimum absolute atomic E-state index is 0.295. The molecule has 0 spiro atoms. The molecule has 6 nitrogen and oxygen atoms in total. The maximum Gasteiger partial charge on any atom is 0.315 e. The van der Waals surface area contributed by atoms with Crippen LogP contribution in [-0.2, 0) is 27.2 Å². The first-order valence-electron chi connectivity index (χ1n) is 7.66. The molecule has 2 aromatic rings. The van der Waals surface area contributed by atoms with Gasteiger partial charge in [-0.25, -0.2) is 4.98 Å². The van der Waals surface area contributed by atoms with Crippen LogP contribution >= 0.6 is 11.3 Å². The molecule has 128 valence electrons. The van der Waals surface area contributed by atoms with Crippen molar-refractivity contribution in [2.45, 2.75) is 32.2 Å². The zero-order chi connectivity index (χ0) is 17.5. The smallest absolute Gasteiger partial charge is 0.315 e. The summed E-state index contributed by atoms with van der Waals surface area (Å²) in [6.45, 7) is 2.03. The number of nitrogen functional groups attached to an aromatic ring is 1. The summed E-state index contributed by atoms with van der Waals surface area (Å²) in [6.07, 6.45) is 1.10. The Kier molecular flexibility index (Phi) is 6.31. The Morgan fingerprint density at radius 3 is 2.62 bits per heavy atom. The summed E-state index contributed by atoms with van der Waals surface area (Å²) in [5, 5.41) is 5.68. The number of hydrogen-bond acceptors (Lipinski definition) is 6. The third-order valence-corrected chi connectivity index (χ3v) is 4.52. The van der Waals surface area contributed by atoms with Crippen molar-refractivity contribution in [3.05, 3.63) is 45.9 Å². The van der Waals surface area contributed by atoms with Gasteiger partial charge in [-0.05, 0) is 30.5 Å². The summed E-state index contributed by atoms with van der Waals surface area (Å²) in [7, 11) is 1.26. The minimum atomic E-state index is -0.563. The van der Waals surface area contributed by atoms with Crippen molar-refractivity contribution in [2.24, 2.45) is 0 Å². The van der Waals surface area contributed by atoms with E-state index in [1.807, 2.05) is 36.6 Å². The van der Waals surface area contributed by atoms with Crippen LogP contribution < -0.4 is 11.1 Å². The number of aromatic nitrogens is 1. The fourth-order valence-electron chi connectivity index (χ4n) is 2.18. The number of carbonyl (C=O) groups is 2. The highest BCUT2D eigenvalue weighted by molar-refractivity contribution is 7.09. The van der Waals surface area contributed by atoms with Crippen LogP contribution in [0.5, 0.6) is 0 Å². The topological polar surface area (TPSA) is 94.3 Å². The predicted octanol–water partition coefficient (Wildman–Crippen LogP) is 2.25. The fraction of sp³-hybridized carbons (Fsp3) is 0.353. The number of anilines is 1. The number of benzene rings is 1. The average molecular weight is 347 g/mol. The van der Waals surface area contributed by atoms with Crippen molar-refractivity contribution >= 4 is 28.9 Å². The Bertz CT molecular complexity index is 697. The Labute approximate surface area is 145 Å². The quantitative estimate of drug-likeness (QED) is 0.455. The third kappa shape index (κ3) is 5.06. The van der Waals surface area contributed by atoms with E-state index in [0.717, 1.165) is 22.7 Å².